The summed E-state index contributed by atoms with van der Waals surface area (Å²) >= 11 is 0. The number of likely N-dealkylation sites (N-methyl/N-ethyl adjacent to an activating group) is 1. The predicted octanol–water partition coefficient (Wildman–Crippen LogP) is -0.864. The van der Waals surface area contributed by atoms with Crippen LogP contribution >= 0.6 is 7.82 Å². The van der Waals surface area contributed by atoms with E-state index in [0.29, 0.717) is 11.0 Å². The van der Waals surface area contributed by atoms with Gasteiger partial charge in [0.1, 0.15) is 13.2 Å². The molecule has 7 nitrogen and oxygen atoms in total. The first-order chi connectivity index (χ1) is 5.71. The maximum absolute atomic E-state index is 10.2. The van der Waals surface area contributed by atoms with Gasteiger partial charge in [0.05, 0.1) is 21.1 Å². The highest BCUT2D eigenvalue weighted by Gasteiger charge is 2.15. The molecule has 5 N–H and O–H groups in total. The molecule has 0 atom stereocenters. The number of phosphoric ester groups is 1. The molecule has 0 aromatic heterocycles. The fourth-order valence-corrected chi connectivity index (χ4v) is 0.753. The van der Waals surface area contributed by atoms with Crippen LogP contribution in [0.25, 0.3) is 0 Å². The first-order valence-electron chi connectivity index (χ1n) is 3.47. The lowest BCUT2D eigenvalue weighted by Crippen LogP contribution is -2.37. The third-order valence-corrected chi connectivity index (χ3v) is 1.54. The van der Waals surface area contributed by atoms with E-state index in [0.717, 1.165) is 0 Å². The number of phosphoric acid groups is 1. The van der Waals surface area contributed by atoms with Crippen molar-refractivity contribution >= 4 is 7.82 Å². The van der Waals surface area contributed by atoms with E-state index in [2.05, 4.69) is 10.4 Å². The zero-order valence-electron chi connectivity index (χ0n) is 8.04. The largest absolute Gasteiger partial charge is 0.469 e. The summed E-state index contributed by atoms with van der Waals surface area (Å²) in [7, 11) is 1.50. The SMILES string of the molecule is C[N+](C)(C)CCOP(=O)(O)O.NO. The first kappa shape index (κ1) is 15.5. The average Bonchev–Trinajstić information content (AvgIpc) is 1.86. The summed E-state index contributed by atoms with van der Waals surface area (Å²) < 4.78 is 15.1. The second kappa shape index (κ2) is 6.44. The minimum absolute atomic E-state index is 0.0772. The van der Waals surface area contributed by atoms with E-state index in [1.807, 2.05) is 21.1 Å². The van der Waals surface area contributed by atoms with Crippen molar-refractivity contribution in [3.05, 3.63) is 0 Å². The van der Waals surface area contributed by atoms with E-state index in [9.17, 15) is 4.57 Å². The van der Waals surface area contributed by atoms with Gasteiger partial charge in [-0.2, -0.15) is 0 Å². The molecule has 8 heteroatoms. The molecule has 0 aliphatic heterocycles. The van der Waals surface area contributed by atoms with Gasteiger partial charge in [-0.15, -0.1) is 0 Å². The highest BCUT2D eigenvalue weighted by atomic mass is 31.2. The Morgan fingerprint density at radius 1 is 1.31 bits per heavy atom. The minimum Gasteiger partial charge on any atom is -0.329 e. The summed E-state index contributed by atoms with van der Waals surface area (Å²) in [5.74, 6) is 3.50. The van der Waals surface area contributed by atoms with Gasteiger partial charge in [0.25, 0.3) is 0 Å². The van der Waals surface area contributed by atoms with Gasteiger partial charge < -0.3 is 19.5 Å². The quantitative estimate of drug-likeness (QED) is 0.277. The topological polar surface area (TPSA) is 113 Å². The van der Waals surface area contributed by atoms with Crippen molar-refractivity contribution in [3.8, 4) is 0 Å². The van der Waals surface area contributed by atoms with Gasteiger partial charge in [0.2, 0.25) is 0 Å². The number of rotatable bonds is 4. The molecule has 82 valence electrons. The summed E-state index contributed by atoms with van der Waals surface area (Å²) in [6.45, 7) is 0.652. The molecule has 0 heterocycles. The van der Waals surface area contributed by atoms with Crippen LogP contribution in [0, 0.1) is 0 Å². The third kappa shape index (κ3) is 18.7. The van der Waals surface area contributed by atoms with Crippen LogP contribution in [0.2, 0.25) is 0 Å². The predicted molar refractivity (Wildman–Crippen MR) is 46.9 cm³/mol. The lowest BCUT2D eigenvalue weighted by Gasteiger charge is -2.23. The summed E-state index contributed by atoms with van der Waals surface area (Å²) in [5, 5.41) is 6.50. The molecule has 0 unspecified atom stereocenters. The highest BCUT2D eigenvalue weighted by molar-refractivity contribution is 7.46. The van der Waals surface area contributed by atoms with Crippen LogP contribution < -0.4 is 5.90 Å². The average molecular weight is 217 g/mol. The second-order valence-electron chi connectivity index (χ2n) is 3.34. The first-order valence-corrected chi connectivity index (χ1v) is 5.00. The van der Waals surface area contributed by atoms with E-state index in [-0.39, 0.29) is 6.61 Å². The van der Waals surface area contributed by atoms with Gasteiger partial charge in [-0.3, -0.25) is 4.52 Å². The molecule has 0 aromatic carbocycles. The lowest BCUT2D eigenvalue weighted by molar-refractivity contribution is -0.870. The van der Waals surface area contributed by atoms with Crippen molar-refractivity contribution in [2.45, 2.75) is 0 Å². The van der Waals surface area contributed by atoms with Crippen LogP contribution in [0.3, 0.4) is 0 Å². The van der Waals surface area contributed by atoms with Crippen LogP contribution in [0.15, 0.2) is 0 Å². The number of nitrogens with zero attached hydrogens (tertiary/aromatic N) is 1. The molecule has 0 spiro atoms. The summed E-state index contributed by atoms with van der Waals surface area (Å²) in [6.07, 6.45) is 0. The van der Waals surface area contributed by atoms with E-state index < -0.39 is 7.82 Å². The number of hydrogen-bond donors (Lipinski definition) is 4. The van der Waals surface area contributed by atoms with E-state index >= 15 is 0 Å². The maximum atomic E-state index is 10.2. The molecule has 13 heavy (non-hydrogen) atoms. The van der Waals surface area contributed by atoms with Crippen molar-refractivity contribution < 1.29 is 28.6 Å². The monoisotopic (exact) mass is 217 g/mol. The Morgan fingerprint density at radius 3 is 1.92 bits per heavy atom. The lowest BCUT2D eigenvalue weighted by atomic mass is 10.5. The van der Waals surface area contributed by atoms with Crippen molar-refractivity contribution in [1.29, 1.82) is 0 Å². The maximum Gasteiger partial charge on any atom is 0.469 e. The molecule has 0 aromatic rings. The van der Waals surface area contributed by atoms with Crippen LogP contribution in [-0.2, 0) is 9.09 Å². The van der Waals surface area contributed by atoms with E-state index in [1.54, 1.807) is 0 Å². The van der Waals surface area contributed by atoms with E-state index in [4.69, 9.17) is 15.0 Å². The number of nitrogens with two attached hydrogens (primary N) is 1. The molecule has 0 fully saturated rings. The Morgan fingerprint density at radius 2 is 1.69 bits per heavy atom. The van der Waals surface area contributed by atoms with Gasteiger partial charge in [-0.25, -0.2) is 10.5 Å². The normalized spacial score (nSPS) is 11.9. The Labute approximate surface area is 77.5 Å². The molecule has 0 saturated heterocycles. The van der Waals surface area contributed by atoms with Crippen LogP contribution in [-0.4, -0.2) is 53.8 Å². The van der Waals surface area contributed by atoms with Crippen molar-refractivity contribution in [3.63, 3.8) is 0 Å². The molecular formula is C5H18N2O5P+. The molecule has 0 amide bonds. The summed E-state index contributed by atoms with van der Waals surface area (Å²) in [6, 6.07) is 0. The van der Waals surface area contributed by atoms with Crippen LogP contribution in [0.1, 0.15) is 0 Å². The Kier molecular flexibility index (Phi) is 7.67. The fraction of sp³-hybridized carbons (Fsp3) is 1.00. The molecule has 0 bridgehead atoms. The standard InChI is InChI=1S/C5H14NO4P.H3NO/c1-6(2,3)4-5-10-11(7,8)9;1-2/h4-5H2,1-3H3,(H-,7,8,9);2H,1H2/p+1. The molecule has 0 aliphatic carbocycles. The third-order valence-electron chi connectivity index (χ3n) is 1.02. The highest BCUT2D eigenvalue weighted by Crippen LogP contribution is 2.35. The molecule has 0 aliphatic rings. The zero-order valence-corrected chi connectivity index (χ0v) is 8.94. The minimum atomic E-state index is -4.26. The number of quaternary nitrogens is 1. The van der Waals surface area contributed by atoms with Gasteiger partial charge >= 0.3 is 7.82 Å². The molecular weight excluding hydrogens is 199 g/mol. The molecule has 0 rings (SSSR count). The van der Waals surface area contributed by atoms with Crippen LogP contribution in [0.4, 0.5) is 0 Å². The van der Waals surface area contributed by atoms with Gasteiger partial charge in [-0.05, 0) is 0 Å². The Balaban J connectivity index is 0. The molecule has 0 saturated carbocycles. The Bertz CT molecular complexity index is 163. The molecule has 0 radical (unpaired) electrons. The summed E-state index contributed by atoms with van der Waals surface area (Å²) in [4.78, 5) is 16.6. The van der Waals surface area contributed by atoms with Crippen LogP contribution in [0.5, 0.6) is 0 Å². The van der Waals surface area contributed by atoms with E-state index in [1.165, 1.54) is 0 Å². The van der Waals surface area contributed by atoms with Crippen molar-refractivity contribution in [1.82, 2.24) is 0 Å². The number of hydrogen-bond acceptors (Lipinski definition) is 4. The zero-order chi connectivity index (χ0) is 11.1. The Hall–Kier alpha value is -0.0100. The second-order valence-corrected chi connectivity index (χ2v) is 4.58. The van der Waals surface area contributed by atoms with Gasteiger partial charge in [-0.1, -0.05) is 0 Å². The van der Waals surface area contributed by atoms with Gasteiger partial charge in [0, 0.05) is 0 Å². The smallest absolute Gasteiger partial charge is 0.329 e. The van der Waals surface area contributed by atoms with Crippen molar-refractivity contribution in [2.75, 3.05) is 34.3 Å². The fourth-order valence-electron chi connectivity index (χ4n) is 0.434. The summed E-state index contributed by atoms with van der Waals surface area (Å²) in [5.41, 5.74) is 0. The van der Waals surface area contributed by atoms with Gasteiger partial charge in [0.15, 0.2) is 0 Å². The van der Waals surface area contributed by atoms with Crippen molar-refractivity contribution in [2.24, 2.45) is 5.90 Å².